The second-order valence-corrected chi connectivity index (χ2v) is 7.28. The number of nitrogens with zero attached hydrogens (tertiary/aromatic N) is 3. The quantitative estimate of drug-likeness (QED) is 0.526. The summed E-state index contributed by atoms with van der Waals surface area (Å²) in [4.78, 5) is 24.9. The SMILES string of the molecule is CCOc1ccc(NC(=O)Cn2nc(CNC(=O)c3ccccc3C)n(C)c2=S)cc1. The molecule has 0 aliphatic carbocycles. The van der Waals surface area contributed by atoms with Gasteiger partial charge in [-0.15, -0.1) is 0 Å². The largest absolute Gasteiger partial charge is 0.494 e. The molecule has 9 heteroatoms. The number of rotatable bonds is 8. The zero-order valence-corrected chi connectivity index (χ0v) is 18.5. The van der Waals surface area contributed by atoms with Gasteiger partial charge in [0.05, 0.1) is 13.2 Å². The molecule has 0 bridgehead atoms. The van der Waals surface area contributed by atoms with Crippen LogP contribution in [0.2, 0.25) is 0 Å². The molecule has 0 saturated carbocycles. The zero-order valence-electron chi connectivity index (χ0n) is 17.7. The Morgan fingerprint density at radius 2 is 1.84 bits per heavy atom. The molecule has 31 heavy (non-hydrogen) atoms. The Bertz CT molecular complexity index is 1130. The lowest BCUT2D eigenvalue weighted by molar-refractivity contribution is -0.116. The molecule has 0 fully saturated rings. The maximum absolute atomic E-state index is 12.4. The molecule has 0 aliphatic rings. The molecular formula is C22H25N5O3S. The fraction of sp³-hybridized carbons (Fsp3) is 0.273. The van der Waals surface area contributed by atoms with Gasteiger partial charge in [-0.05, 0) is 62.0 Å². The van der Waals surface area contributed by atoms with Crippen LogP contribution >= 0.6 is 12.2 Å². The highest BCUT2D eigenvalue weighted by Gasteiger charge is 2.14. The maximum Gasteiger partial charge on any atom is 0.251 e. The van der Waals surface area contributed by atoms with Crippen molar-refractivity contribution in [1.82, 2.24) is 19.7 Å². The van der Waals surface area contributed by atoms with Gasteiger partial charge in [-0.1, -0.05) is 18.2 Å². The summed E-state index contributed by atoms with van der Waals surface area (Å²) in [5.41, 5.74) is 2.16. The number of benzene rings is 2. The highest BCUT2D eigenvalue weighted by Crippen LogP contribution is 2.15. The van der Waals surface area contributed by atoms with E-state index in [1.807, 2.05) is 32.0 Å². The third-order valence-electron chi connectivity index (χ3n) is 4.67. The summed E-state index contributed by atoms with van der Waals surface area (Å²) >= 11 is 5.39. The molecule has 0 aliphatic heterocycles. The standard InChI is InChI=1S/C22H25N5O3S/c1-4-30-17-11-9-16(10-12-17)24-20(28)14-27-22(31)26(3)19(25-27)13-23-21(29)18-8-6-5-7-15(18)2/h5-12H,4,13-14H2,1-3H3,(H,23,29)(H,24,28). The van der Waals surface area contributed by atoms with Crippen LogP contribution in [0.5, 0.6) is 5.75 Å². The summed E-state index contributed by atoms with van der Waals surface area (Å²) in [6.07, 6.45) is 0. The van der Waals surface area contributed by atoms with Gasteiger partial charge in [0.2, 0.25) is 5.91 Å². The van der Waals surface area contributed by atoms with Crippen molar-refractivity contribution >= 4 is 29.7 Å². The summed E-state index contributed by atoms with van der Waals surface area (Å²) in [6.45, 7) is 4.53. The normalized spacial score (nSPS) is 10.5. The lowest BCUT2D eigenvalue weighted by atomic mass is 10.1. The van der Waals surface area contributed by atoms with Gasteiger partial charge in [0.25, 0.3) is 5.91 Å². The number of ether oxygens (including phenoxy) is 1. The van der Waals surface area contributed by atoms with Gasteiger partial charge in [-0.3, -0.25) is 9.59 Å². The number of amides is 2. The molecule has 2 aromatic carbocycles. The van der Waals surface area contributed by atoms with E-state index in [1.165, 1.54) is 4.68 Å². The topological polar surface area (TPSA) is 90.2 Å². The number of hydrogen-bond donors (Lipinski definition) is 2. The van der Waals surface area contributed by atoms with Gasteiger partial charge in [0.1, 0.15) is 12.3 Å². The van der Waals surface area contributed by atoms with E-state index in [2.05, 4.69) is 15.7 Å². The van der Waals surface area contributed by atoms with Crippen molar-refractivity contribution in [2.75, 3.05) is 11.9 Å². The van der Waals surface area contributed by atoms with Crippen molar-refractivity contribution in [3.63, 3.8) is 0 Å². The minimum atomic E-state index is -0.256. The summed E-state index contributed by atoms with van der Waals surface area (Å²) < 4.78 is 8.90. The minimum absolute atomic E-state index is 0.0361. The second-order valence-electron chi connectivity index (χ2n) is 6.92. The van der Waals surface area contributed by atoms with Crippen molar-refractivity contribution in [3.05, 3.63) is 70.3 Å². The molecule has 2 N–H and O–H groups in total. The van der Waals surface area contributed by atoms with E-state index in [0.29, 0.717) is 28.5 Å². The first kappa shape index (κ1) is 22.2. The molecule has 0 unspecified atom stereocenters. The molecule has 2 amide bonds. The molecule has 0 radical (unpaired) electrons. The molecule has 8 nitrogen and oxygen atoms in total. The fourth-order valence-electron chi connectivity index (χ4n) is 3.01. The Morgan fingerprint density at radius 3 is 2.52 bits per heavy atom. The lowest BCUT2D eigenvalue weighted by Crippen LogP contribution is -2.25. The average Bonchev–Trinajstić information content (AvgIpc) is 3.01. The number of carbonyl (C=O) groups is 2. The van der Waals surface area contributed by atoms with Crippen molar-refractivity contribution < 1.29 is 14.3 Å². The molecule has 3 rings (SSSR count). The number of aryl methyl sites for hydroxylation is 1. The Labute approximate surface area is 185 Å². The van der Waals surface area contributed by atoms with Crippen molar-refractivity contribution in [1.29, 1.82) is 0 Å². The lowest BCUT2D eigenvalue weighted by Gasteiger charge is -2.07. The van der Waals surface area contributed by atoms with Gasteiger partial charge in [0, 0.05) is 18.3 Å². The van der Waals surface area contributed by atoms with Gasteiger partial charge >= 0.3 is 0 Å². The third kappa shape index (κ3) is 5.58. The monoisotopic (exact) mass is 439 g/mol. The molecule has 1 heterocycles. The van der Waals surface area contributed by atoms with Crippen LogP contribution in [0.1, 0.15) is 28.7 Å². The van der Waals surface area contributed by atoms with Crippen LogP contribution in [-0.4, -0.2) is 32.8 Å². The van der Waals surface area contributed by atoms with Gasteiger partial charge in [-0.25, -0.2) is 4.68 Å². The van der Waals surface area contributed by atoms with Crippen LogP contribution in [0.4, 0.5) is 5.69 Å². The van der Waals surface area contributed by atoms with Crippen LogP contribution in [-0.2, 0) is 24.9 Å². The first-order valence-electron chi connectivity index (χ1n) is 9.88. The van der Waals surface area contributed by atoms with Crippen LogP contribution in [0.3, 0.4) is 0 Å². The van der Waals surface area contributed by atoms with E-state index in [0.717, 1.165) is 11.3 Å². The van der Waals surface area contributed by atoms with Crippen LogP contribution in [0.15, 0.2) is 48.5 Å². The van der Waals surface area contributed by atoms with Crippen molar-refractivity contribution in [3.8, 4) is 5.75 Å². The molecule has 162 valence electrons. The molecule has 0 saturated heterocycles. The molecule has 3 aromatic rings. The Balaban J connectivity index is 1.62. The number of aromatic nitrogens is 3. The fourth-order valence-corrected chi connectivity index (χ4v) is 3.22. The van der Waals surface area contributed by atoms with Crippen LogP contribution in [0.25, 0.3) is 0 Å². The number of nitrogens with one attached hydrogen (secondary N) is 2. The highest BCUT2D eigenvalue weighted by molar-refractivity contribution is 7.71. The van der Waals surface area contributed by atoms with E-state index in [1.54, 1.807) is 41.9 Å². The molecular weight excluding hydrogens is 414 g/mol. The van der Waals surface area contributed by atoms with Crippen molar-refractivity contribution in [2.45, 2.75) is 26.9 Å². The second kappa shape index (κ2) is 10.0. The van der Waals surface area contributed by atoms with E-state index in [4.69, 9.17) is 17.0 Å². The van der Waals surface area contributed by atoms with E-state index in [9.17, 15) is 9.59 Å². The summed E-state index contributed by atoms with van der Waals surface area (Å²) in [5, 5.41) is 10.1. The first-order chi connectivity index (χ1) is 14.9. The van der Waals surface area contributed by atoms with E-state index in [-0.39, 0.29) is 24.9 Å². The van der Waals surface area contributed by atoms with Crippen LogP contribution in [0, 0.1) is 11.7 Å². The predicted octanol–water partition coefficient (Wildman–Crippen LogP) is 3.23. The maximum atomic E-state index is 12.4. The summed E-state index contributed by atoms with van der Waals surface area (Å²) in [7, 11) is 1.76. The Hall–Kier alpha value is -3.46. The predicted molar refractivity (Wildman–Crippen MR) is 121 cm³/mol. The molecule has 0 spiro atoms. The van der Waals surface area contributed by atoms with Gasteiger partial charge < -0.3 is 19.9 Å². The van der Waals surface area contributed by atoms with Gasteiger partial charge in [0.15, 0.2) is 10.6 Å². The van der Waals surface area contributed by atoms with Crippen molar-refractivity contribution in [2.24, 2.45) is 7.05 Å². The third-order valence-corrected chi connectivity index (χ3v) is 5.15. The first-order valence-corrected chi connectivity index (χ1v) is 10.3. The Kier molecular flexibility index (Phi) is 7.19. The summed E-state index contributed by atoms with van der Waals surface area (Å²) in [6, 6.07) is 14.5. The average molecular weight is 440 g/mol. The van der Waals surface area contributed by atoms with E-state index >= 15 is 0 Å². The molecule has 1 aromatic heterocycles. The minimum Gasteiger partial charge on any atom is -0.494 e. The number of carbonyl (C=O) groups excluding carboxylic acids is 2. The zero-order chi connectivity index (χ0) is 22.4. The van der Waals surface area contributed by atoms with Crippen LogP contribution < -0.4 is 15.4 Å². The van der Waals surface area contributed by atoms with E-state index < -0.39 is 0 Å². The highest BCUT2D eigenvalue weighted by atomic mass is 32.1. The Morgan fingerprint density at radius 1 is 1.13 bits per heavy atom. The smallest absolute Gasteiger partial charge is 0.251 e. The molecule has 0 atom stereocenters. The number of hydrogen-bond acceptors (Lipinski definition) is 5. The van der Waals surface area contributed by atoms with Gasteiger partial charge in [-0.2, -0.15) is 5.10 Å². The number of anilines is 1. The summed E-state index contributed by atoms with van der Waals surface area (Å²) in [5.74, 6) is 0.853.